The zero-order valence-electron chi connectivity index (χ0n) is 11.9. The number of hydrogen-bond donors (Lipinski definition) is 1. The van der Waals surface area contributed by atoms with Gasteiger partial charge < -0.3 is 10.5 Å². The lowest BCUT2D eigenvalue weighted by Crippen LogP contribution is -2.51. The van der Waals surface area contributed by atoms with Crippen LogP contribution < -0.4 is 10.5 Å². The van der Waals surface area contributed by atoms with Gasteiger partial charge in [0.15, 0.2) is 0 Å². The Bertz CT molecular complexity index is 509. The molecule has 0 atom stereocenters. The smallest absolute Gasteiger partial charge is 0.243 e. The van der Waals surface area contributed by atoms with Gasteiger partial charge >= 0.3 is 0 Å². The maximum absolute atomic E-state index is 12.6. The summed E-state index contributed by atoms with van der Waals surface area (Å²) in [5.41, 5.74) is 5.06. The maximum atomic E-state index is 12.6. The molecule has 0 aliphatic heterocycles. The lowest BCUT2D eigenvalue weighted by atomic mass is 10.1. The van der Waals surface area contributed by atoms with Crippen molar-refractivity contribution < 1.29 is 13.2 Å². The molecule has 0 saturated carbocycles. The van der Waals surface area contributed by atoms with Crippen molar-refractivity contribution in [3.63, 3.8) is 0 Å². The summed E-state index contributed by atoms with van der Waals surface area (Å²) < 4.78 is 31.6. The molecule has 1 rings (SSSR count). The van der Waals surface area contributed by atoms with E-state index >= 15 is 0 Å². The highest BCUT2D eigenvalue weighted by atomic mass is 32.2. The summed E-state index contributed by atoms with van der Waals surface area (Å²) >= 11 is 0. The molecule has 1 aromatic rings. The summed E-state index contributed by atoms with van der Waals surface area (Å²) in [5.74, 6) is 0.625. The third kappa shape index (κ3) is 3.26. The summed E-state index contributed by atoms with van der Waals surface area (Å²) in [6.45, 7) is 6.07. The van der Waals surface area contributed by atoms with Crippen LogP contribution >= 0.6 is 0 Å². The highest BCUT2D eigenvalue weighted by Crippen LogP contribution is 2.25. The second-order valence-electron chi connectivity index (χ2n) is 4.86. The van der Waals surface area contributed by atoms with E-state index in [1.807, 2.05) is 13.8 Å². The SMILES string of the molecule is CCN(C(C)(C)CN)S(=O)(=O)c1ccc(OC)cc1. The second-order valence-corrected chi connectivity index (χ2v) is 6.72. The molecular weight excluding hydrogens is 264 g/mol. The number of hydrogen-bond acceptors (Lipinski definition) is 4. The summed E-state index contributed by atoms with van der Waals surface area (Å²) in [6.07, 6.45) is 0. The minimum Gasteiger partial charge on any atom is -0.497 e. The van der Waals surface area contributed by atoms with Crippen LogP contribution in [0.25, 0.3) is 0 Å². The third-order valence-corrected chi connectivity index (χ3v) is 5.31. The van der Waals surface area contributed by atoms with Crippen LogP contribution in [0.3, 0.4) is 0 Å². The molecule has 0 aliphatic rings. The Kier molecular flexibility index (Phi) is 4.95. The number of sulfonamides is 1. The van der Waals surface area contributed by atoms with Crippen LogP contribution in [-0.2, 0) is 10.0 Å². The van der Waals surface area contributed by atoms with E-state index in [1.54, 1.807) is 38.3 Å². The first-order valence-electron chi connectivity index (χ1n) is 6.16. The van der Waals surface area contributed by atoms with Crippen molar-refractivity contribution in [1.82, 2.24) is 4.31 Å². The topological polar surface area (TPSA) is 72.6 Å². The van der Waals surface area contributed by atoms with Gasteiger partial charge in [0.1, 0.15) is 5.75 Å². The monoisotopic (exact) mass is 286 g/mol. The van der Waals surface area contributed by atoms with Crippen molar-refractivity contribution in [3.05, 3.63) is 24.3 Å². The van der Waals surface area contributed by atoms with E-state index in [9.17, 15) is 8.42 Å². The molecule has 0 aromatic heterocycles. The van der Waals surface area contributed by atoms with Crippen molar-refractivity contribution in [2.45, 2.75) is 31.2 Å². The molecule has 0 aliphatic carbocycles. The zero-order valence-corrected chi connectivity index (χ0v) is 12.7. The zero-order chi connectivity index (χ0) is 14.7. The van der Waals surface area contributed by atoms with Gasteiger partial charge in [-0.3, -0.25) is 0 Å². The number of ether oxygens (including phenoxy) is 1. The molecule has 2 N–H and O–H groups in total. The molecule has 0 amide bonds. The molecule has 1 aromatic carbocycles. The number of nitrogens with two attached hydrogens (primary N) is 1. The van der Waals surface area contributed by atoms with Crippen molar-refractivity contribution in [2.24, 2.45) is 5.73 Å². The van der Waals surface area contributed by atoms with Gasteiger partial charge in [-0.05, 0) is 38.1 Å². The molecule has 5 nitrogen and oxygen atoms in total. The molecule has 0 spiro atoms. The van der Waals surface area contributed by atoms with Crippen molar-refractivity contribution >= 4 is 10.0 Å². The van der Waals surface area contributed by atoms with Crippen LogP contribution in [-0.4, -0.2) is 38.5 Å². The van der Waals surface area contributed by atoms with Crippen LogP contribution in [0, 0.1) is 0 Å². The number of methoxy groups -OCH3 is 1. The Balaban J connectivity index is 3.20. The Morgan fingerprint density at radius 3 is 2.16 bits per heavy atom. The van der Waals surface area contributed by atoms with Gasteiger partial charge in [-0.1, -0.05) is 6.92 Å². The second kappa shape index (κ2) is 5.90. The Labute approximate surface area is 115 Å². The number of benzene rings is 1. The number of likely N-dealkylation sites (N-methyl/N-ethyl adjacent to an activating group) is 1. The average Bonchev–Trinajstić information content (AvgIpc) is 2.39. The molecule has 0 fully saturated rings. The quantitative estimate of drug-likeness (QED) is 0.859. The lowest BCUT2D eigenvalue weighted by Gasteiger charge is -2.35. The Morgan fingerprint density at radius 1 is 1.26 bits per heavy atom. The minimum atomic E-state index is -3.55. The molecule has 0 unspecified atom stereocenters. The first-order valence-corrected chi connectivity index (χ1v) is 7.60. The Morgan fingerprint density at radius 2 is 1.79 bits per heavy atom. The predicted octanol–water partition coefficient (Wildman–Crippen LogP) is 1.44. The molecule has 0 radical (unpaired) electrons. The van der Waals surface area contributed by atoms with Gasteiger partial charge in [-0.25, -0.2) is 8.42 Å². The highest BCUT2D eigenvalue weighted by molar-refractivity contribution is 7.89. The van der Waals surface area contributed by atoms with Gasteiger partial charge in [0.05, 0.1) is 12.0 Å². The molecule has 0 saturated heterocycles. The van der Waals surface area contributed by atoms with E-state index in [0.717, 1.165) is 0 Å². The number of nitrogens with zero attached hydrogens (tertiary/aromatic N) is 1. The Hall–Kier alpha value is -1.11. The first-order chi connectivity index (χ1) is 8.79. The standard InChI is InChI=1S/C13H22N2O3S/c1-5-15(13(2,3)10-14)19(16,17)12-8-6-11(18-4)7-9-12/h6-9H,5,10,14H2,1-4H3. The summed E-state index contributed by atoms with van der Waals surface area (Å²) in [7, 11) is -2.01. The van der Waals surface area contributed by atoms with Gasteiger partial charge in [-0.2, -0.15) is 4.31 Å². The van der Waals surface area contributed by atoms with Crippen LogP contribution in [0.2, 0.25) is 0 Å². The van der Waals surface area contributed by atoms with E-state index in [0.29, 0.717) is 12.3 Å². The van der Waals surface area contributed by atoms with Gasteiger partial charge in [0.25, 0.3) is 0 Å². The van der Waals surface area contributed by atoms with Crippen LogP contribution in [0.4, 0.5) is 0 Å². The molecule has 6 heteroatoms. The average molecular weight is 286 g/mol. The van der Waals surface area contributed by atoms with Crippen molar-refractivity contribution in [1.29, 1.82) is 0 Å². The fraction of sp³-hybridized carbons (Fsp3) is 0.538. The van der Waals surface area contributed by atoms with Crippen LogP contribution in [0.5, 0.6) is 5.75 Å². The van der Waals surface area contributed by atoms with Crippen LogP contribution in [0.1, 0.15) is 20.8 Å². The van der Waals surface area contributed by atoms with E-state index < -0.39 is 15.6 Å². The van der Waals surface area contributed by atoms with E-state index in [-0.39, 0.29) is 11.4 Å². The lowest BCUT2D eigenvalue weighted by molar-refractivity contribution is 0.244. The predicted molar refractivity (Wildman–Crippen MR) is 75.7 cm³/mol. The van der Waals surface area contributed by atoms with E-state index in [2.05, 4.69) is 0 Å². The van der Waals surface area contributed by atoms with Gasteiger partial charge in [0.2, 0.25) is 10.0 Å². The first kappa shape index (κ1) is 15.9. The van der Waals surface area contributed by atoms with E-state index in [1.165, 1.54) is 4.31 Å². The summed E-state index contributed by atoms with van der Waals surface area (Å²) in [4.78, 5) is 0.247. The van der Waals surface area contributed by atoms with Crippen molar-refractivity contribution in [2.75, 3.05) is 20.2 Å². The van der Waals surface area contributed by atoms with Crippen LogP contribution in [0.15, 0.2) is 29.2 Å². The third-order valence-electron chi connectivity index (χ3n) is 3.11. The normalized spacial score (nSPS) is 12.7. The van der Waals surface area contributed by atoms with Gasteiger partial charge in [-0.15, -0.1) is 0 Å². The fourth-order valence-corrected chi connectivity index (χ4v) is 3.70. The number of rotatable bonds is 6. The molecule has 108 valence electrons. The molecule has 19 heavy (non-hydrogen) atoms. The summed E-state index contributed by atoms with van der Waals surface area (Å²) in [5, 5.41) is 0. The van der Waals surface area contributed by atoms with E-state index in [4.69, 9.17) is 10.5 Å². The largest absolute Gasteiger partial charge is 0.497 e. The highest BCUT2D eigenvalue weighted by Gasteiger charge is 2.34. The molecule has 0 heterocycles. The molecule has 0 bridgehead atoms. The summed E-state index contributed by atoms with van der Waals surface area (Å²) in [6, 6.07) is 6.36. The fourth-order valence-electron chi connectivity index (χ4n) is 1.90. The maximum Gasteiger partial charge on any atom is 0.243 e. The van der Waals surface area contributed by atoms with Gasteiger partial charge in [0, 0.05) is 18.6 Å². The van der Waals surface area contributed by atoms with Crippen molar-refractivity contribution in [3.8, 4) is 5.75 Å². The minimum absolute atomic E-state index is 0.247. The molecular formula is C13H22N2O3S.